The van der Waals surface area contributed by atoms with Crippen molar-refractivity contribution in [1.82, 2.24) is 5.32 Å². The lowest BCUT2D eigenvalue weighted by molar-refractivity contribution is 0.142. The van der Waals surface area contributed by atoms with Gasteiger partial charge < -0.3 is 10.1 Å². The third kappa shape index (κ3) is 4.26. The Kier molecular flexibility index (Phi) is 5.30. The molecule has 100 valence electrons. The molecule has 1 N–H and O–H groups in total. The van der Waals surface area contributed by atoms with E-state index in [1.807, 2.05) is 7.11 Å². The highest BCUT2D eigenvalue weighted by molar-refractivity contribution is 4.89. The average Bonchev–Trinajstić information content (AvgIpc) is 3.15. The lowest BCUT2D eigenvalue weighted by Gasteiger charge is -2.32. The molecule has 2 nitrogen and oxygen atoms in total. The normalized spacial score (nSPS) is 31.4. The van der Waals surface area contributed by atoms with Gasteiger partial charge in [0, 0.05) is 19.2 Å². The molecule has 0 amide bonds. The van der Waals surface area contributed by atoms with E-state index >= 15 is 0 Å². The van der Waals surface area contributed by atoms with E-state index in [1.54, 1.807) is 0 Å². The van der Waals surface area contributed by atoms with Gasteiger partial charge in [0.15, 0.2) is 0 Å². The second-order valence-corrected chi connectivity index (χ2v) is 6.07. The molecule has 0 aromatic rings. The summed E-state index contributed by atoms with van der Waals surface area (Å²) in [5.41, 5.74) is 0. The van der Waals surface area contributed by atoms with Crippen molar-refractivity contribution in [3.05, 3.63) is 0 Å². The van der Waals surface area contributed by atoms with Crippen molar-refractivity contribution < 1.29 is 4.74 Å². The number of nitrogens with one attached hydrogen (secondary N) is 1. The molecule has 0 heterocycles. The Hall–Kier alpha value is -0.0800. The van der Waals surface area contributed by atoms with Crippen LogP contribution in [0.3, 0.4) is 0 Å². The number of hydrogen-bond acceptors (Lipinski definition) is 2. The maximum absolute atomic E-state index is 5.34. The van der Waals surface area contributed by atoms with Crippen LogP contribution in [0.25, 0.3) is 0 Å². The molecular formula is C15H29NO. The fraction of sp³-hybridized carbons (Fsp3) is 1.00. The number of ether oxygens (including phenoxy) is 1. The molecule has 0 aromatic heterocycles. The van der Waals surface area contributed by atoms with Crippen molar-refractivity contribution in [2.24, 2.45) is 11.8 Å². The lowest BCUT2D eigenvalue weighted by Crippen LogP contribution is -2.44. The first-order valence-electron chi connectivity index (χ1n) is 7.58. The van der Waals surface area contributed by atoms with E-state index in [2.05, 4.69) is 12.2 Å². The Morgan fingerprint density at radius 3 is 2.35 bits per heavy atom. The monoisotopic (exact) mass is 239 g/mol. The van der Waals surface area contributed by atoms with E-state index in [9.17, 15) is 0 Å². The van der Waals surface area contributed by atoms with Crippen LogP contribution in [0.4, 0.5) is 0 Å². The van der Waals surface area contributed by atoms with Gasteiger partial charge in [-0.05, 0) is 50.4 Å². The third-order valence-electron chi connectivity index (χ3n) is 4.53. The largest absolute Gasteiger partial charge is 0.383 e. The van der Waals surface area contributed by atoms with E-state index in [1.165, 1.54) is 51.4 Å². The van der Waals surface area contributed by atoms with Crippen LogP contribution in [-0.4, -0.2) is 25.8 Å². The van der Waals surface area contributed by atoms with E-state index < -0.39 is 0 Å². The molecule has 2 aliphatic carbocycles. The Bertz CT molecular complexity index is 207. The summed E-state index contributed by atoms with van der Waals surface area (Å²) in [5.74, 6) is 1.92. The second-order valence-electron chi connectivity index (χ2n) is 6.07. The third-order valence-corrected chi connectivity index (χ3v) is 4.53. The molecule has 0 spiro atoms. The standard InChI is InChI=1S/C15H29NO/c1-3-4-12-5-9-14(10-6-12)16-15(11-17-2)13-7-8-13/h12-16H,3-11H2,1-2H3. The summed E-state index contributed by atoms with van der Waals surface area (Å²) in [6.45, 7) is 3.21. The molecule has 1 atom stereocenters. The molecule has 2 heteroatoms. The summed E-state index contributed by atoms with van der Waals surface area (Å²) in [5, 5.41) is 3.86. The van der Waals surface area contributed by atoms with Gasteiger partial charge in [-0.1, -0.05) is 19.8 Å². The van der Waals surface area contributed by atoms with Gasteiger partial charge in [0.2, 0.25) is 0 Å². The molecular weight excluding hydrogens is 210 g/mol. The molecule has 0 bridgehead atoms. The molecule has 17 heavy (non-hydrogen) atoms. The molecule has 2 saturated carbocycles. The summed E-state index contributed by atoms with van der Waals surface area (Å²) in [7, 11) is 1.83. The van der Waals surface area contributed by atoms with Crippen LogP contribution in [0.5, 0.6) is 0 Å². The van der Waals surface area contributed by atoms with E-state index in [0.717, 1.165) is 24.5 Å². The summed E-state index contributed by atoms with van der Waals surface area (Å²) < 4.78 is 5.34. The zero-order chi connectivity index (χ0) is 12.1. The molecule has 1 unspecified atom stereocenters. The summed E-state index contributed by atoms with van der Waals surface area (Å²) in [6, 6.07) is 1.40. The van der Waals surface area contributed by atoms with Crippen molar-refractivity contribution in [3.8, 4) is 0 Å². The minimum absolute atomic E-state index is 0.632. The maximum atomic E-state index is 5.34. The van der Waals surface area contributed by atoms with E-state index in [0.29, 0.717) is 6.04 Å². The number of hydrogen-bond donors (Lipinski definition) is 1. The lowest BCUT2D eigenvalue weighted by atomic mass is 9.83. The quantitative estimate of drug-likeness (QED) is 0.735. The van der Waals surface area contributed by atoms with Crippen molar-refractivity contribution in [3.63, 3.8) is 0 Å². The average molecular weight is 239 g/mol. The van der Waals surface area contributed by atoms with Gasteiger partial charge in [-0.2, -0.15) is 0 Å². The van der Waals surface area contributed by atoms with Crippen molar-refractivity contribution in [2.45, 2.75) is 70.4 Å². The zero-order valence-corrected chi connectivity index (χ0v) is 11.6. The molecule has 0 radical (unpaired) electrons. The first-order valence-corrected chi connectivity index (χ1v) is 7.58. The fourth-order valence-corrected chi connectivity index (χ4v) is 3.33. The van der Waals surface area contributed by atoms with Crippen LogP contribution >= 0.6 is 0 Å². The van der Waals surface area contributed by atoms with Crippen molar-refractivity contribution in [1.29, 1.82) is 0 Å². The predicted octanol–water partition coefficient (Wildman–Crippen LogP) is 3.36. The van der Waals surface area contributed by atoms with Crippen molar-refractivity contribution >= 4 is 0 Å². The van der Waals surface area contributed by atoms with Gasteiger partial charge in [0.1, 0.15) is 0 Å². The van der Waals surface area contributed by atoms with Crippen LogP contribution < -0.4 is 5.32 Å². The minimum Gasteiger partial charge on any atom is -0.383 e. The highest BCUT2D eigenvalue weighted by Crippen LogP contribution is 2.34. The molecule has 0 aliphatic heterocycles. The van der Waals surface area contributed by atoms with Crippen LogP contribution in [0.15, 0.2) is 0 Å². The molecule has 2 fully saturated rings. The van der Waals surface area contributed by atoms with Crippen LogP contribution in [0.1, 0.15) is 58.3 Å². The molecule has 0 saturated heterocycles. The van der Waals surface area contributed by atoms with Gasteiger partial charge in [0.05, 0.1) is 6.61 Å². The van der Waals surface area contributed by atoms with Crippen LogP contribution in [0, 0.1) is 11.8 Å². The first kappa shape index (κ1) is 13.4. The molecule has 0 aromatic carbocycles. The summed E-state index contributed by atoms with van der Waals surface area (Å²) >= 11 is 0. The first-order chi connectivity index (χ1) is 8.33. The second kappa shape index (κ2) is 6.75. The Morgan fingerprint density at radius 1 is 1.12 bits per heavy atom. The smallest absolute Gasteiger partial charge is 0.0618 e. The molecule has 2 aliphatic rings. The Labute approximate surface area is 107 Å². The topological polar surface area (TPSA) is 21.3 Å². The van der Waals surface area contributed by atoms with Crippen LogP contribution in [-0.2, 0) is 4.74 Å². The Morgan fingerprint density at radius 2 is 1.82 bits per heavy atom. The zero-order valence-electron chi connectivity index (χ0n) is 11.6. The van der Waals surface area contributed by atoms with Gasteiger partial charge in [-0.15, -0.1) is 0 Å². The number of methoxy groups -OCH3 is 1. The van der Waals surface area contributed by atoms with E-state index in [4.69, 9.17) is 4.74 Å². The Balaban J connectivity index is 1.68. The van der Waals surface area contributed by atoms with Crippen LogP contribution in [0.2, 0.25) is 0 Å². The highest BCUT2D eigenvalue weighted by Gasteiger charge is 2.33. The minimum atomic E-state index is 0.632. The highest BCUT2D eigenvalue weighted by atomic mass is 16.5. The fourth-order valence-electron chi connectivity index (χ4n) is 3.33. The predicted molar refractivity (Wildman–Crippen MR) is 72.2 cm³/mol. The maximum Gasteiger partial charge on any atom is 0.0618 e. The summed E-state index contributed by atoms with van der Waals surface area (Å²) in [4.78, 5) is 0. The summed E-state index contributed by atoms with van der Waals surface area (Å²) in [6.07, 6.45) is 11.3. The van der Waals surface area contributed by atoms with Gasteiger partial charge in [-0.25, -0.2) is 0 Å². The van der Waals surface area contributed by atoms with Gasteiger partial charge in [0.25, 0.3) is 0 Å². The SMILES string of the molecule is CCCC1CCC(NC(COC)C2CC2)CC1. The van der Waals surface area contributed by atoms with Crippen molar-refractivity contribution in [2.75, 3.05) is 13.7 Å². The van der Waals surface area contributed by atoms with E-state index in [-0.39, 0.29) is 0 Å². The van der Waals surface area contributed by atoms with Gasteiger partial charge in [-0.3, -0.25) is 0 Å². The molecule has 2 rings (SSSR count). The van der Waals surface area contributed by atoms with Gasteiger partial charge >= 0.3 is 0 Å². The number of rotatable bonds is 7.